The molecule has 168 valence electrons. The van der Waals surface area contributed by atoms with Crippen LogP contribution in [0.2, 0.25) is 0 Å². The predicted molar refractivity (Wildman–Crippen MR) is 119 cm³/mol. The Balaban J connectivity index is 1.55. The predicted octanol–water partition coefficient (Wildman–Crippen LogP) is 3.35. The molecule has 10 nitrogen and oxygen atoms in total. The molecule has 2 aromatic heterocycles. The van der Waals surface area contributed by atoms with Crippen LogP contribution in [0.3, 0.4) is 0 Å². The molecule has 0 atom stereocenters. The smallest absolute Gasteiger partial charge is 0.293 e. The quantitative estimate of drug-likeness (QED) is 0.427. The lowest BCUT2D eigenvalue weighted by molar-refractivity contribution is -0.384. The van der Waals surface area contributed by atoms with Crippen molar-refractivity contribution >= 4 is 21.4 Å². The van der Waals surface area contributed by atoms with E-state index in [4.69, 9.17) is 0 Å². The minimum atomic E-state index is -3.77. The summed E-state index contributed by atoms with van der Waals surface area (Å²) in [4.78, 5) is 15.3. The summed E-state index contributed by atoms with van der Waals surface area (Å²) in [5, 5.41) is 18.9. The van der Waals surface area contributed by atoms with Crippen molar-refractivity contribution in [2.24, 2.45) is 0 Å². The number of nitrogens with zero attached hydrogens (tertiary/aromatic N) is 5. The van der Waals surface area contributed by atoms with E-state index in [9.17, 15) is 18.5 Å². The molecule has 0 amide bonds. The van der Waals surface area contributed by atoms with Gasteiger partial charge in [0.2, 0.25) is 10.0 Å². The fraction of sp³-hybridized carbons (Fsp3) is 0.333. The van der Waals surface area contributed by atoms with Gasteiger partial charge in [-0.1, -0.05) is 12.8 Å². The minimum absolute atomic E-state index is 0.0541. The van der Waals surface area contributed by atoms with Crippen LogP contribution >= 0.6 is 0 Å². The Morgan fingerprint density at radius 2 is 1.84 bits per heavy atom. The van der Waals surface area contributed by atoms with E-state index >= 15 is 0 Å². The van der Waals surface area contributed by atoms with Crippen molar-refractivity contribution < 1.29 is 13.3 Å². The maximum absolute atomic E-state index is 13.0. The Morgan fingerprint density at radius 1 is 1.06 bits per heavy atom. The van der Waals surface area contributed by atoms with Crippen molar-refractivity contribution in [2.45, 2.75) is 37.1 Å². The highest BCUT2D eigenvalue weighted by Gasteiger charge is 2.28. The molecule has 1 N–H and O–H groups in total. The molecule has 0 aliphatic carbocycles. The molecule has 1 aliphatic rings. The fourth-order valence-electron chi connectivity index (χ4n) is 3.70. The third-order valence-electron chi connectivity index (χ3n) is 5.40. The Kier molecular flexibility index (Phi) is 6.47. The van der Waals surface area contributed by atoms with Crippen molar-refractivity contribution in [3.8, 4) is 5.82 Å². The van der Waals surface area contributed by atoms with Crippen LogP contribution < -0.4 is 5.32 Å². The van der Waals surface area contributed by atoms with Crippen molar-refractivity contribution in [3.63, 3.8) is 0 Å². The van der Waals surface area contributed by atoms with Gasteiger partial charge in [0.15, 0.2) is 5.82 Å². The van der Waals surface area contributed by atoms with Crippen molar-refractivity contribution in [3.05, 3.63) is 70.7 Å². The van der Waals surface area contributed by atoms with Gasteiger partial charge in [-0.2, -0.15) is 9.40 Å². The van der Waals surface area contributed by atoms with Gasteiger partial charge in [-0.05, 0) is 48.7 Å². The second-order valence-corrected chi connectivity index (χ2v) is 9.52. The second-order valence-electron chi connectivity index (χ2n) is 7.58. The molecular weight excluding hydrogens is 432 g/mol. The van der Waals surface area contributed by atoms with Gasteiger partial charge in [0.1, 0.15) is 5.69 Å². The number of sulfonamides is 1. The summed E-state index contributed by atoms with van der Waals surface area (Å²) in [7, 11) is -3.77. The van der Waals surface area contributed by atoms with Gasteiger partial charge < -0.3 is 5.32 Å². The molecule has 0 spiro atoms. The van der Waals surface area contributed by atoms with Gasteiger partial charge in [-0.3, -0.25) is 10.1 Å². The van der Waals surface area contributed by atoms with E-state index in [0.29, 0.717) is 25.5 Å². The molecule has 3 aromatic rings. The topological polar surface area (TPSA) is 123 Å². The number of pyridine rings is 1. The maximum Gasteiger partial charge on any atom is 0.293 e. The molecule has 0 unspecified atom stereocenters. The average Bonchev–Trinajstić information content (AvgIpc) is 3.19. The van der Waals surface area contributed by atoms with Gasteiger partial charge >= 0.3 is 0 Å². The number of hydrogen-bond donors (Lipinski definition) is 1. The maximum atomic E-state index is 13.0. The van der Waals surface area contributed by atoms with Gasteiger partial charge in [0.25, 0.3) is 5.69 Å². The standard InChI is InChI=1S/C21H24N6O4S/c28-27(29)20-15-18(32(30,31)25-11-3-1-2-4-12-25)6-7-19(20)23-16-17-8-10-22-21(14-17)26-13-5-9-24-26/h5-10,13-15,23H,1-4,11-12,16H2. The normalized spacial score (nSPS) is 15.2. The van der Waals surface area contributed by atoms with Crippen molar-refractivity contribution in [1.82, 2.24) is 19.1 Å². The van der Waals surface area contributed by atoms with Gasteiger partial charge in [0, 0.05) is 44.3 Å². The first-order valence-electron chi connectivity index (χ1n) is 10.4. The molecule has 1 aliphatic heterocycles. The van der Waals surface area contributed by atoms with E-state index < -0.39 is 14.9 Å². The zero-order chi connectivity index (χ0) is 22.6. The highest BCUT2D eigenvalue weighted by atomic mass is 32.2. The lowest BCUT2D eigenvalue weighted by Crippen LogP contribution is -2.32. The highest BCUT2D eigenvalue weighted by molar-refractivity contribution is 7.89. The van der Waals surface area contributed by atoms with E-state index in [0.717, 1.165) is 37.3 Å². The third kappa shape index (κ3) is 4.78. The molecule has 1 aromatic carbocycles. The molecule has 3 heterocycles. The number of aromatic nitrogens is 3. The molecular formula is C21H24N6O4S. The Labute approximate surface area is 186 Å². The van der Waals surface area contributed by atoms with Crippen LogP contribution in [-0.4, -0.2) is 45.5 Å². The van der Waals surface area contributed by atoms with Crippen LogP contribution in [0.25, 0.3) is 5.82 Å². The first kappa shape index (κ1) is 21.9. The zero-order valence-corrected chi connectivity index (χ0v) is 18.2. The Morgan fingerprint density at radius 3 is 2.53 bits per heavy atom. The van der Waals surface area contributed by atoms with Crippen LogP contribution in [0.5, 0.6) is 0 Å². The highest BCUT2D eigenvalue weighted by Crippen LogP contribution is 2.30. The SMILES string of the molecule is O=[N+]([O-])c1cc(S(=O)(=O)N2CCCCCC2)ccc1NCc1ccnc(-n2cccn2)c1. The summed E-state index contributed by atoms with van der Waals surface area (Å²) < 4.78 is 29.1. The number of rotatable bonds is 7. The molecule has 0 radical (unpaired) electrons. The monoisotopic (exact) mass is 456 g/mol. The average molecular weight is 457 g/mol. The van der Waals surface area contributed by atoms with E-state index in [1.54, 1.807) is 35.4 Å². The van der Waals surface area contributed by atoms with Gasteiger partial charge in [-0.15, -0.1) is 0 Å². The summed E-state index contributed by atoms with van der Waals surface area (Å²) in [6, 6.07) is 9.44. The minimum Gasteiger partial charge on any atom is -0.375 e. The summed E-state index contributed by atoms with van der Waals surface area (Å²) >= 11 is 0. The number of nitro groups is 1. The number of nitro benzene ring substituents is 1. The lowest BCUT2D eigenvalue weighted by Gasteiger charge is -2.20. The van der Waals surface area contributed by atoms with Crippen molar-refractivity contribution in [2.75, 3.05) is 18.4 Å². The van der Waals surface area contributed by atoms with Crippen LogP contribution in [0.4, 0.5) is 11.4 Å². The van der Waals surface area contributed by atoms with Gasteiger partial charge in [0.05, 0.1) is 9.82 Å². The van der Waals surface area contributed by atoms with Gasteiger partial charge in [-0.25, -0.2) is 18.1 Å². The zero-order valence-electron chi connectivity index (χ0n) is 17.4. The summed E-state index contributed by atoms with van der Waals surface area (Å²) in [6.07, 6.45) is 8.64. The van der Waals surface area contributed by atoms with Crippen LogP contribution in [0.1, 0.15) is 31.2 Å². The summed E-state index contributed by atoms with van der Waals surface area (Å²) in [5.41, 5.74) is 0.825. The molecule has 4 rings (SSSR count). The molecule has 0 bridgehead atoms. The Bertz CT molecular complexity index is 1190. The summed E-state index contributed by atoms with van der Waals surface area (Å²) in [5.74, 6) is 0.627. The van der Waals surface area contributed by atoms with E-state index in [1.807, 2.05) is 6.07 Å². The Hall–Kier alpha value is -3.31. The van der Waals surface area contributed by atoms with E-state index in [-0.39, 0.29) is 16.3 Å². The fourth-order valence-corrected chi connectivity index (χ4v) is 5.24. The first-order valence-corrected chi connectivity index (χ1v) is 11.9. The lowest BCUT2D eigenvalue weighted by atomic mass is 10.2. The van der Waals surface area contributed by atoms with E-state index in [1.165, 1.54) is 16.4 Å². The van der Waals surface area contributed by atoms with Crippen LogP contribution in [0.15, 0.2) is 59.9 Å². The molecule has 11 heteroatoms. The summed E-state index contributed by atoms with van der Waals surface area (Å²) in [6.45, 7) is 1.18. The third-order valence-corrected chi connectivity index (χ3v) is 7.30. The number of anilines is 1. The molecule has 0 saturated carbocycles. The number of nitrogens with one attached hydrogen (secondary N) is 1. The molecule has 32 heavy (non-hydrogen) atoms. The van der Waals surface area contributed by atoms with Crippen LogP contribution in [-0.2, 0) is 16.6 Å². The van der Waals surface area contributed by atoms with Crippen LogP contribution in [0, 0.1) is 10.1 Å². The number of benzene rings is 1. The number of hydrogen-bond acceptors (Lipinski definition) is 7. The molecule has 1 saturated heterocycles. The van der Waals surface area contributed by atoms with Crippen molar-refractivity contribution in [1.29, 1.82) is 0 Å². The largest absolute Gasteiger partial charge is 0.375 e. The van der Waals surface area contributed by atoms with E-state index in [2.05, 4.69) is 15.4 Å². The molecule has 1 fully saturated rings. The first-order chi connectivity index (χ1) is 15.4. The second kappa shape index (κ2) is 9.45.